The van der Waals surface area contributed by atoms with Gasteiger partial charge in [-0.2, -0.15) is 0 Å². The quantitative estimate of drug-likeness (QED) is 0.791. The summed E-state index contributed by atoms with van der Waals surface area (Å²) in [5.41, 5.74) is 0.815. The van der Waals surface area contributed by atoms with E-state index in [2.05, 4.69) is 9.97 Å². The second kappa shape index (κ2) is 3.68. The fourth-order valence-electron chi connectivity index (χ4n) is 1.10. The lowest BCUT2D eigenvalue weighted by molar-refractivity contribution is 0.271. The monoisotopic (exact) mass is 195 g/mol. The van der Waals surface area contributed by atoms with E-state index >= 15 is 0 Å². The van der Waals surface area contributed by atoms with Gasteiger partial charge >= 0.3 is 0 Å². The number of aliphatic hydroxyl groups excluding tert-OH is 1. The van der Waals surface area contributed by atoms with Gasteiger partial charge in [-0.25, -0.2) is 9.97 Å². The molecule has 5 heteroatoms. The van der Waals surface area contributed by atoms with Crippen molar-refractivity contribution in [1.29, 1.82) is 0 Å². The highest BCUT2D eigenvalue weighted by Gasteiger charge is 2.02. The zero-order chi connectivity index (χ0) is 9.10. The molecule has 0 saturated carbocycles. The topological polar surface area (TPSA) is 50.9 Å². The minimum atomic E-state index is 0.0192. The molecule has 2 heterocycles. The van der Waals surface area contributed by atoms with Crippen LogP contribution in [0.2, 0.25) is 0 Å². The maximum Gasteiger partial charge on any atom is 0.112 e. The van der Waals surface area contributed by atoms with Crippen LogP contribution in [0, 0.1) is 0 Å². The lowest BCUT2D eigenvalue weighted by atomic mass is 10.5. The first kappa shape index (κ1) is 8.40. The summed E-state index contributed by atoms with van der Waals surface area (Å²) in [7, 11) is 0. The Morgan fingerprint density at radius 1 is 1.54 bits per heavy atom. The van der Waals surface area contributed by atoms with Crippen LogP contribution in [0.1, 0.15) is 10.7 Å². The van der Waals surface area contributed by atoms with Gasteiger partial charge in [0.2, 0.25) is 0 Å². The van der Waals surface area contributed by atoms with Crippen LogP contribution < -0.4 is 0 Å². The Balaban J connectivity index is 2.18. The van der Waals surface area contributed by atoms with Gasteiger partial charge in [0.1, 0.15) is 5.01 Å². The molecule has 2 aromatic rings. The van der Waals surface area contributed by atoms with Gasteiger partial charge in [0.05, 0.1) is 31.4 Å². The molecule has 13 heavy (non-hydrogen) atoms. The summed E-state index contributed by atoms with van der Waals surface area (Å²) in [5, 5.41) is 11.9. The van der Waals surface area contributed by atoms with Gasteiger partial charge in [0, 0.05) is 11.6 Å². The second-order valence-electron chi connectivity index (χ2n) is 2.60. The predicted molar refractivity (Wildman–Crippen MR) is 49.4 cm³/mol. The van der Waals surface area contributed by atoms with Crippen molar-refractivity contribution in [2.75, 3.05) is 0 Å². The smallest absolute Gasteiger partial charge is 0.112 e. The fraction of sp³-hybridized carbons (Fsp3) is 0.250. The number of imidazole rings is 1. The van der Waals surface area contributed by atoms with Crippen LogP contribution in [0.15, 0.2) is 24.1 Å². The van der Waals surface area contributed by atoms with Gasteiger partial charge in [0.25, 0.3) is 0 Å². The Labute approximate surface area is 79.5 Å². The fourth-order valence-corrected chi connectivity index (χ4v) is 1.71. The predicted octanol–water partition coefficient (Wildman–Crippen LogP) is 0.880. The molecule has 0 aliphatic carbocycles. The molecule has 0 atom stereocenters. The molecule has 0 amide bonds. The summed E-state index contributed by atoms with van der Waals surface area (Å²) in [6.07, 6.45) is 5.14. The Hall–Kier alpha value is -1.20. The summed E-state index contributed by atoms with van der Waals surface area (Å²) >= 11 is 1.60. The van der Waals surface area contributed by atoms with Crippen molar-refractivity contribution in [1.82, 2.24) is 14.5 Å². The summed E-state index contributed by atoms with van der Waals surface area (Å²) in [4.78, 5) is 8.11. The Morgan fingerprint density at radius 3 is 3.15 bits per heavy atom. The molecule has 2 aromatic heterocycles. The molecule has 2 rings (SSSR count). The minimum absolute atomic E-state index is 0.0192. The van der Waals surface area contributed by atoms with E-state index in [0.29, 0.717) is 6.54 Å². The number of thiazole rings is 1. The van der Waals surface area contributed by atoms with Crippen molar-refractivity contribution < 1.29 is 5.11 Å². The molecule has 0 saturated heterocycles. The van der Waals surface area contributed by atoms with E-state index in [1.54, 1.807) is 30.1 Å². The summed E-state index contributed by atoms with van der Waals surface area (Å²) in [5.74, 6) is 0. The summed E-state index contributed by atoms with van der Waals surface area (Å²) < 4.78 is 1.89. The van der Waals surface area contributed by atoms with Crippen LogP contribution in [0.5, 0.6) is 0 Å². The molecule has 0 bridgehead atoms. The number of aromatic nitrogens is 3. The lowest BCUT2D eigenvalue weighted by Gasteiger charge is -2.02. The molecule has 0 aliphatic rings. The van der Waals surface area contributed by atoms with Crippen molar-refractivity contribution >= 4 is 11.3 Å². The first-order valence-corrected chi connectivity index (χ1v) is 4.76. The molecule has 0 fully saturated rings. The highest BCUT2D eigenvalue weighted by Crippen LogP contribution is 2.08. The third kappa shape index (κ3) is 1.76. The minimum Gasteiger partial charge on any atom is -0.390 e. The second-order valence-corrected chi connectivity index (χ2v) is 3.58. The molecule has 68 valence electrons. The van der Waals surface area contributed by atoms with Crippen molar-refractivity contribution in [2.24, 2.45) is 0 Å². The average Bonchev–Trinajstić information content (AvgIpc) is 2.76. The van der Waals surface area contributed by atoms with Gasteiger partial charge in [0.15, 0.2) is 0 Å². The SMILES string of the molecule is OCc1cncn1Cc1nccs1. The highest BCUT2D eigenvalue weighted by atomic mass is 32.1. The van der Waals surface area contributed by atoms with E-state index in [-0.39, 0.29) is 6.61 Å². The lowest BCUT2D eigenvalue weighted by Crippen LogP contribution is -2.02. The average molecular weight is 195 g/mol. The highest BCUT2D eigenvalue weighted by molar-refractivity contribution is 7.09. The molecule has 0 unspecified atom stereocenters. The number of nitrogens with zero attached hydrogens (tertiary/aromatic N) is 3. The van der Waals surface area contributed by atoms with Gasteiger partial charge in [-0.3, -0.25) is 0 Å². The van der Waals surface area contributed by atoms with Crippen LogP contribution in [0.3, 0.4) is 0 Å². The van der Waals surface area contributed by atoms with Crippen LogP contribution in [0.25, 0.3) is 0 Å². The molecule has 0 aliphatic heterocycles. The maximum atomic E-state index is 8.96. The largest absolute Gasteiger partial charge is 0.390 e. The molecular weight excluding hydrogens is 186 g/mol. The molecule has 1 N–H and O–H groups in total. The first-order chi connectivity index (χ1) is 6.40. The molecule has 4 nitrogen and oxygen atoms in total. The van der Waals surface area contributed by atoms with Crippen molar-refractivity contribution in [2.45, 2.75) is 13.2 Å². The van der Waals surface area contributed by atoms with E-state index in [4.69, 9.17) is 5.11 Å². The van der Waals surface area contributed by atoms with Crippen molar-refractivity contribution in [3.8, 4) is 0 Å². The zero-order valence-electron chi connectivity index (χ0n) is 6.92. The molecule has 0 radical (unpaired) electrons. The third-order valence-electron chi connectivity index (χ3n) is 1.75. The third-order valence-corrected chi connectivity index (χ3v) is 2.51. The van der Waals surface area contributed by atoms with Gasteiger partial charge in [-0.1, -0.05) is 0 Å². The normalized spacial score (nSPS) is 10.5. The van der Waals surface area contributed by atoms with E-state index in [1.807, 2.05) is 9.95 Å². The van der Waals surface area contributed by atoms with Crippen LogP contribution in [0.4, 0.5) is 0 Å². The van der Waals surface area contributed by atoms with Crippen LogP contribution in [-0.2, 0) is 13.2 Å². The summed E-state index contributed by atoms with van der Waals surface area (Å²) in [6.45, 7) is 0.707. The Morgan fingerprint density at radius 2 is 2.46 bits per heavy atom. The van der Waals surface area contributed by atoms with Gasteiger partial charge < -0.3 is 9.67 Å². The number of aliphatic hydroxyl groups is 1. The van der Waals surface area contributed by atoms with E-state index in [1.165, 1.54) is 0 Å². The van der Waals surface area contributed by atoms with Crippen molar-refractivity contribution in [3.05, 3.63) is 34.8 Å². The Kier molecular flexibility index (Phi) is 2.37. The van der Waals surface area contributed by atoms with E-state index in [9.17, 15) is 0 Å². The molecule has 0 aromatic carbocycles. The maximum absolute atomic E-state index is 8.96. The van der Waals surface area contributed by atoms with Gasteiger partial charge in [-0.15, -0.1) is 11.3 Å². The number of hydrogen-bond donors (Lipinski definition) is 1. The zero-order valence-corrected chi connectivity index (χ0v) is 7.74. The molecular formula is C8H9N3OS. The number of hydrogen-bond acceptors (Lipinski definition) is 4. The summed E-state index contributed by atoms with van der Waals surface area (Å²) in [6, 6.07) is 0. The van der Waals surface area contributed by atoms with E-state index < -0.39 is 0 Å². The Bertz CT molecular complexity index is 368. The van der Waals surface area contributed by atoms with E-state index in [0.717, 1.165) is 10.7 Å². The van der Waals surface area contributed by atoms with Crippen molar-refractivity contribution in [3.63, 3.8) is 0 Å². The van der Waals surface area contributed by atoms with Crippen LogP contribution in [-0.4, -0.2) is 19.6 Å². The van der Waals surface area contributed by atoms with Gasteiger partial charge in [-0.05, 0) is 0 Å². The number of rotatable bonds is 3. The molecule has 0 spiro atoms. The first-order valence-electron chi connectivity index (χ1n) is 3.88. The van der Waals surface area contributed by atoms with Crippen LogP contribution >= 0.6 is 11.3 Å². The standard InChI is InChI=1S/C8H9N3OS/c12-5-7-3-9-6-11(7)4-8-10-1-2-13-8/h1-3,6,12H,4-5H2.